The summed E-state index contributed by atoms with van der Waals surface area (Å²) in [6.45, 7) is 4.86. The fourth-order valence-corrected chi connectivity index (χ4v) is 13.1. The molecule has 15 heteroatoms. The fraction of sp³-hybridized carbons (Fsp3) is 0.532. The first-order valence-corrected chi connectivity index (χ1v) is 22.9. The smallest absolute Gasteiger partial charge is 0.309 e. The van der Waals surface area contributed by atoms with Gasteiger partial charge in [-0.25, -0.2) is 9.97 Å². The molecule has 3 N–H and O–H groups in total. The van der Waals surface area contributed by atoms with Gasteiger partial charge in [0.2, 0.25) is 0 Å². The third-order valence-electron chi connectivity index (χ3n) is 16.1. The van der Waals surface area contributed by atoms with Crippen molar-refractivity contribution in [1.82, 2.24) is 28.9 Å². The Balaban J connectivity index is 0.795. The first-order chi connectivity index (χ1) is 29.7. The number of aromatic nitrogens is 4. The second-order valence-corrected chi connectivity index (χ2v) is 20.4. The summed E-state index contributed by atoms with van der Waals surface area (Å²) in [7, 11) is 3.75. The zero-order chi connectivity index (χ0) is 43.2. The summed E-state index contributed by atoms with van der Waals surface area (Å²) < 4.78 is 3.75. The van der Waals surface area contributed by atoms with E-state index in [4.69, 9.17) is 33.2 Å². The molecule has 62 heavy (non-hydrogen) atoms. The monoisotopic (exact) mass is 880 g/mol. The van der Waals surface area contributed by atoms with Crippen LogP contribution in [0.3, 0.4) is 0 Å². The van der Waals surface area contributed by atoms with Crippen molar-refractivity contribution in [2.24, 2.45) is 35.8 Å². The van der Waals surface area contributed by atoms with Crippen LogP contribution in [-0.4, -0.2) is 84.3 Å². The molecule has 13 nitrogen and oxygen atoms in total. The molecule has 4 saturated carbocycles. The van der Waals surface area contributed by atoms with E-state index in [-0.39, 0.29) is 22.6 Å². The van der Waals surface area contributed by atoms with E-state index in [9.17, 15) is 24.3 Å². The molecule has 0 unspecified atom stereocenters. The van der Waals surface area contributed by atoms with E-state index in [1.807, 2.05) is 35.4 Å². The van der Waals surface area contributed by atoms with Crippen molar-refractivity contribution in [1.29, 1.82) is 0 Å². The lowest BCUT2D eigenvalue weighted by molar-refractivity contribution is -0.148. The molecule has 4 aliphatic carbocycles. The van der Waals surface area contributed by atoms with Gasteiger partial charge in [0.25, 0.3) is 11.8 Å². The Hall–Kier alpha value is -4.56. The first-order valence-electron chi connectivity index (χ1n) is 22.2. The van der Waals surface area contributed by atoms with Gasteiger partial charge in [0.05, 0.1) is 38.2 Å². The zero-order valence-electron chi connectivity index (χ0n) is 35.5. The molecule has 6 aliphatic rings. The Morgan fingerprint density at radius 1 is 0.726 bits per heavy atom. The summed E-state index contributed by atoms with van der Waals surface area (Å²) in [5.74, 6) is -0.786. The van der Waals surface area contributed by atoms with E-state index < -0.39 is 11.4 Å². The Morgan fingerprint density at radius 3 is 1.74 bits per heavy atom. The number of imidazole rings is 2. The van der Waals surface area contributed by atoms with Crippen molar-refractivity contribution in [3.63, 3.8) is 0 Å². The number of nitrogens with zero attached hydrogens (tertiary/aromatic N) is 6. The lowest BCUT2D eigenvalue weighted by Crippen LogP contribution is -2.39. The van der Waals surface area contributed by atoms with Gasteiger partial charge < -0.3 is 29.7 Å². The minimum absolute atomic E-state index is 0.0431. The molecule has 0 spiro atoms. The number of amides is 2. The van der Waals surface area contributed by atoms with Crippen molar-refractivity contribution in [2.75, 3.05) is 36.8 Å². The Labute approximate surface area is 371 Å². The number of rotatable bonds is 12. The van der Waals surface area contributed by atoms with E-state index in [0.29, 0.717) is 62.7 Å². The van der Waals surface area contributed by atoms with Gasteiger partial charge in [-0.3, -0.25) is 24.2 Å². The van der Waals surface area contributed by atoms with Crippen molar-refractivity contribution in [2.45, 2.75) is 96.6 Å². The van der Waals surface area contributed by atoms with Crippen molar-refractivity contribution in [3.05, 3.63) is 80.9 Å². The third-order valence-corrected chi connectivity index (χ3v) is 16.9. The van der Waals surface area contributed by atoms with Crippen molar-refractivity contribution >= 4 is 58.6 Å². The molecular weight excluding hydrogens is 827 g/mol. The van der Waals surface area contributed by atoms with E-state index in [1.165, 1.54) is 6.29 Å². The molecule has 2 aromatic heterocycles. The average molecular weight is 882 g/mol. The lowest BCUT2D eigenvalue weighted by atomic mass is 9.80. The van der Waals surface area contributed by atoms with Crippen LogP contribution < -0.4 is 10.6 Å². The van der Waals surface area contributed by atoms with Gasteiger partial charge >= 0.3 is 5.97 Å². The summed E-state index contributed by atoms with van der Waals surface area (Å²) in [6, 6.07) is 10.7. The molecule has 2 aromatic carbocycles. The topological polar surface area (TPSA) is 155 Å². The zero-order valence-corrected chi connectivity index (χ0v) is 37.0. The highest BCUT2D eigenvalue weighted by Crippen LogP contribution is 2.63. The molecule has 10 rings (SSSR count). The molecule has 2 aliphatic heterocycles. The Kier molecular flexibility index (Phi) is 10.2. The van der Waals surface area contributed by atoms with Crippen LogP contribution in [0, 0.1) is 21.7 Å². The minimum Gasteiger partial charge on any atom is -0.481 e. The summed E-state index contributed by atoms with van der Waals surface area (Å²) in [5.41, 5.74) is 5.57. The SMILES string of the molecule is Cn1c(C(=O)Nc2cccc(-c3cccc(NC(=O)c4nc5c(n4C)CCN(CC46CCC(C(=O)O)(CC4)C6)C5)c3Cl)c2Cl)nc2c1CCN(CCC13CCC(C=O)(CC1)C3)C2. The number of carboxylic acid groups (broad SMARTS) is 1. The molecule has 4 bridgehead atoms. The number of carbonyl (C=O) groups excluding carboxylic acids is 3. The molecule has 4 fully saturated rings. The molecule has 0 atom stereocenters. The van der Waals surface area contributed by atoms with Crippen LogP contribution in [0.25, 0.3) is 11.1 Å². The number of fused-ring (bicyclic) bond motifs is 6. The summed E-state index contributed by atoms with van der Waals surface area (Å²) >= 11 is 14.0. The number of anilines is 2. The van der Waals surface area contributed by atoms with E-state index in [0.717, 1.165) is 132 Å². The predicted octanol–water partition coefficient (Wildman–Crippen LogP) is 7.92. The van der Waals surface area contributed by atoms with E-state index in [2.05, 4.69) is 20.4 Å². The van der Waals surface area contributed by atoms with Crippen molar-refractivity contribution < 1.29 is 24.3 Å². The average Bonchev–Trinajstić information content (AvgIpc) is 4.12. The van der Waals surface area contributed by atoms with Crippen LogP contribution in [0.4, 0.5) is 11.4 Å². The van der Waals surface area contributed by atoms with E-state index >= 15 is 0 Å². The molecule has 0 radical (unpaired) electrons. The maximum atomic E-state index is 13.8. The largest absolute Gasteiger partial charge is 0.481 e. The van der Waals surface area contributed by atoms with Gasteiger partial charge in [-0.1, -0.05) is 47.5 Å². The molecule has 4 aromatic rings. The Morgan fingerprint density at radius 2 is 1.24 bits per heavy atom. The number of benzene rings is 2. The number of halogens is 2. The van der Waals surface area contributed by atoms with Gasteiger partial charge in [0, 0.05) is 87.6 Å². The van der Waals surface area contributed by atoms with E-state index in [1.54, 1.807) is 24.3 Å². The standard InChI is InChI=1S/C47H54Cl2N8O5/c1-54-35-9-20-56(22-19-44-11-13-46(25-44,28-58)14-12-44)23-33(35)50-39(54)41(59)52-31-7-3-5-29(37(31)48)30-6-4-8-32(38(30)49)53-42(60)40-51-34-24-57(21-10-36(34)55(40)2)27-45-15-17-47(26-45,18-16-45)43(61)62/h3-8,28H,9-27H2,1-2H3,(H,52,59)(H,53,60)(H,61,62). The minimum atomic E-state index is -0.649. The van der Waals surface area contributed by atoms with Crippen LogP contribution >= 0.6 is 23.2 Å². The van der Waals surface area contributed by atoms with Crippen LogP contribution in [-0.2, 0) is 49.6 Å². The predicted molar refractivity (Wildman–Crippen MR) is 236 cm³/mol. The van der Waals surface area contributed by atoms with Gasteiger partial charge in [0.1, 0.15) is 6.29 Å². The summed E-state index contributed by atoms with van der Waals surface area (Å²) in [4.78, 5) is 65.9. The number of carbonyl (C=O) groups is 4. The number of aliphatic carboxylic acids is 1. The highest BCUT2D eigenvalue weighted by atomic mass is 35.5. The number of nitrogens with one attached hydrogen (secondary N) is 2. The van der Waals surface area contributed by atoms with Gasteiger partial charge in [-0.15, -0.1) is 0 Å². The summed E-state index contributed by atoms with van der Waals surface area (Å²) in [6.07, 6.45) is 13.4. The second kappa shape index (κ2) is 15.3. The quantitative estimate of drug-likeness (QED) is 0.120. The molecule has 2 amide bonds. The highest BCUT2D eigenvalue weighted by Gasteiger charge is 2.58. The first kappa shape index (κ1) is 41.5. The van der Waals surface area contributed by atoms with Gasteiger partial charge in [0.15, 0.2) is 11.6 Å². The number of aldehydes is 1. The summed E-state index contributed by atoms with van der Waals surface area (Å²) in [5, 5.41) is 16.5. The van der Waals surface area contributed by atoms with Crippen LogP contribution in [0.5, 0.6) is 0 Å². The lowest BCUT2D eigenvalue weighted by Gasteiger charge is -2.35. The molecular formula is C47H54Cl2N8O5. The maximum Gasteiger partial charge on any atom is 0.309 e. The van der Waals surface area contributed by atoms with Gasteiger partial charge in [-0.2, -0.15) is 0 Å². The highest BCUT2D eigenvalue weighted by molar-refractivity contribution is 6.40. The second-order valence-electron chi connectivity index (χ2n) is 19.7. The number of hydrogen-bond acceptors (Lipinski definition) is 8. The van der Waals surface area contributed by atoms with Crippen LogP contribution in [0.1, 0.15) is 115 Å². The van der Waals surface area contributed by atoms with Crippen LogP contribution in [0.2, 0.25) is 10.0 Å². The Bertz CT molecular complexity index is 2510. The number of carboxylic acids is 1. The van der Waals surface area contributed by atoms with Crippen molar-refractivity contribution in [3.8, 4) is 11.1 Å². The van der Waals surface area contributed by atoms with Gasteiger partial charge in [-0.05, 0) is 100 Å². The fourth-order valence-electron chi connectivity index (χ4n) is 12.5. The molecule has 4 heterocycles. The molecule has 0 saturated heterocycles. The maximum absolute atomic E-state index is 13.8. The van der Waals surface area contributed by atoms with Crippen LogP contribution in [0.15, 0.2) is 36.4 Å². The third kappa shape index (κ3) is 6.98. The number of hydrogen-bond donors (Lipinski definition) is 3. The normalized spacial score (nSPS) is 27.6. The molecule has 326 valence electrons.